The molecule has 1 saturated heterocycles. The van der Waals surface area contributed by atoms with E-state index >= 15 is 0 Å². The second-order valence-corrected chi connectivity index (χ2v) is 4.16. The van der Waals surface area contributed by atoms with Gasteiger partial charge in [-0.3, -0.25) is 0 Å². The van der Waals surface area contributed by atoms with E-state index in [-0.39, 0.29) is 6.10 Å². The number of nitrogen functional groups attached to an aromatic ring is 1. The molecule has 5 nitrogen and oxygen atoms in total. The van der Waals surface area contributed by atoms with E-state index in [1.807, 2.05) is 0 Å². The summed E-state index contributed by atoms with van der Waals surface area (Å²) < 4.78 is 15.8. The summed E-state index contributed by atoms with van der Waals surface area (Å²) in [6.07, 6.45) is 2.10. The third-order valence-corrected chi connectivity index (χ3v) is 2.89. The lowest BCUT2D eigenvalue weighted by atomic mass is 10.1. The van der Waals surface area contributed by atoms with Crippen molar-refractivity contribution in [2.24, 2.45) is 0 Å². The third-order valence-electron chi connectivity index (χ3n) is 2.89. The Morgan fingerprint density at radius 1 is 1.56 bits per heavy atom. The van der Waals surface area contributed by atoms with Gasteiger partial charge in [0.2, 0.25) is 0 Å². The highest BCUT2D eigenvalue weighted by Gasteiger charge is 2.20. The van der Waals surface area contributed by atoms with E-state index < -0.39 is 5.97 Å². The molecule has 0 radical (unpaired) electrons. The van der Waals surface area contributed by atoms with Crippen LogP contribution in [0.2, 0.25) is 0 Å². The molecule has 1 aromatic carbocycles. The normalized spacial score (nSPS) is 18.6. The number of carbonyl (C=O) groups is 1. The first-order valence-electron chi connectivity index (χ1n) is 5.93. The topological polar surface area (TPSA) is 70.8 Å². The van der Waals surface area contributed by atoms with Crippen molar-refractivity contribution < 1.29 is 19.0 Å². The van der Waals surface area contributed by atoms with Crippen LogP contribution in [0, 0.1) is 0 Å². The van der Waals surface area contributed by atoms with Gasteiger partial charge in [0.15, 0.2) is 5.75 Å². The van der Waals surface area contributed by atoms with Crippen LogP contribution in [0.5, 0.6) is 5.75 Å². The molecule has 1 aliphatic heterocycles. The molecule has 1 aromatic rings. The van der Waals surface area contributed by atoms with Gasteiger partial charge in [-0.15, -0.1) is 0 Å². The summed E-state index contributed by atoms with van der Waals surface area (Å²) in [5.41, 5.74) is 6.59. The Morgan fingerprint density at radius 3 is 3.06 bits per heavy atom. The number of carbonyl (C=O) groups excluding carboxylic acids is 1. The van der Waals surface area contributed by atoms with Crippen LogP contribution in [0.1, 0.15) is 23.2 Å². The number of anilines is 1. The van der Waals surface area contributed by atoms with Crippen LogP contribution in [-0.2, 0) is 9.47 Å². The number of esters is 1. The molecule has 1 unspecified atom stereocenters. The van der Waals surface area contributed by atoms with Crippen molar-refractivity contribution >= 4 is 11.7 Å². The molecule has 1 fully saturated rings. The summed E-state index contributed by atoms with van der Waals surface area (Å²) in [5, 5.41) is 0. The first kappa shape index (κ1) is 12.7. The first-order chi connectivity index (χ1) is 8.72. The highest BCUT2D eigenvalue weighted by atomic mass is 16.5. The van der Waals surface area contributed by atoms with Gasteiger partial charge < -0.3 is 19.9 Å². The lowest BCUT2D eigenvalue weighted by Gasteiger charge is -2.15. The van der Waals surface area contributed by atoms with Gasteiger partial charge >= 0.3 is 5.97 Å². The van der Waals surface area contributed by atoms with Crippen LogP contribution in [0.4, 0.5) is 5.69 Å². The van der Waals surface area contributed by atoms with E-state index in [1.165, 1.54) is 7.11 Å². The second kappa shape index (κ2) is 5.73. The molecule has 1 heterocycles. The summed E-state index contributed by atoms with van der Waals surface area (Å²) in [7, 11) is 1.33. The summed E-state index contributed by atoms with van der Waals surface area (Å²) >= 11 is 0. The average Bonchev–Trinajstić information content (AvgIpc) is 2.89. The van der Waals surface area contributed by atoms with Gasteiger partial charge in [-0.25, -0.2) is 4.79 Å². The average molecular weight is 251 g/mol. The zero-order chi connectivity index (χ0) is 13.0. The molecule has 0 spiro atoms. The molecule has 0 aromatic heterocycles. The van der Waals surface area contributed by atoms with Crippen LogP contribution >= 0.6 is 0 Å². The maximum atomic E-state index is 11.6. The minimum atomic E-state index is -0.454. The molecule has 0 bridgehead atoms. The Morgan fingerprint density at radius 2 is 2.39 bits per heavy atom. The fourth-order valence-corrected chi connectivity index (χ4v) is 1.94. The Bertz CT molecular complexity index is 427. The monoisotopic (exact) mass is 251 g/mol. The molecule has 2 N–H and O–H groups in total. The largest absolute Gasteiger partial charge is 0.488 e. The Hall–Kier alpha value is -1.75. The summed E-state index contributed by atoms with van der Waals surface area (Å²) in [6.45, 7) is 1.17. The maximum Gasteiger partial charge on any atom is 0.341 e. The van der Waals surface area contributed by atoms with Crippen molar-refractivity contribution in [1.29, 1.82) is 0 Å². The Kier molecular flexibility index (Phi) is 4.04. The Balaban J connectivity index is 2.11. The van der Waals surface area contributed by atoms with E-state index in [1.54, 1.807) is 18.2 Å². The molecular formula is C13H17NO4. The number of ether oxygens (including phenoxy) is 3. The van der Waals surface area contributed by atoms with Gasteiger partial charge in [0.05, 0.1) is 18.9 Å². The van der Waals surface area contributed by atoms with Crippen LogP contribution in [0.3, 0.4) is 0 Å². The molecule has 98 valence electrons. The van der Waals surface area contributed by atoms with Gasteiger partial charge in [-0.05, 0) is 25.0 Å². The Labute approximate surface area is 106 Å². The van der Waals surface area contributed by atoms with Gasteiger partial charge in [-0.2, -0.15) is 0 Å². The lowest BCUT2D eigenvalue weighted by Crippen LogP contribution is -2.18. The molecule has 2 rings (SSSR count). The summed E-state index contributed by atoms with van der Waals surface area (Å²) in [4.78, 5) is 11.6. The van der Waals surface area contributed by atoms with Gasteiger partial charge in [0.1, 0.15) is 12.2 Å². The molecule has 18 heavy (non-hydrogen) atoms. The van der Waals surface area contributed by atoms with Crippen molar-refractivity contribution in [3.8, 4) is 5.75 Å². The second-order valence-electron chi connectivity index (χ2n) is 4.16. The van der Waals surface area contributed by atoms with E-state index in [0.717, 1.165) is 19.4 Å². The number of hydrogen-bond donors (Lipinski definition) is 1. The number of para-hydroxylation sites is 1. The van der Waals surface area contributed by atoms with Crippen molar-refractivity contribution in [1.82, 2.24) is 0 Å². The van der Waals surface area contributed by atoms with E-state index in [9.17, 15) is 4.79 Å². The van der Waals surface area contributed by atoms with Crippen LogP contribution < -0.4 is 10.5 Å². The van der Waals surface area contributed by atoms with Crippen LogP contribution in [0.25, 0.3) is 0 Å². The molecule has 1 atom stereocenters. The van der Waals surface area contributed by atoms with Gasteiger partial charge in [0, 0.05) is 6.61 Å². The zero-order valence-electron chi connectivity index (χ0n) is 10.3. The molecule has 5 heteroatoms. The number of methoxy groups -OCH3 is 1. The minimum absolute atomic E-state index is 0.0788. The van der Waals surface area contributed by atoms with E-state index in [0.29, 0.717) is 23.6 Å². The summed E-state index contributed by atoms with van der Waals surface area (Å²) in [5.74, 6) is -0.0792. The fourth-order valence-electron chi connectivity index (χ4n) is 1.94. The molecule has 1 aliphatic rings. The fraction of sp³-hybridized carbons (Fsp3) is 0.462. The summed E-state index contributed by atoms with van der Waals surface area (Å²) in [6, 6.07) is 5.02. The smallest absolute Gasteiger partial charge is 0.341 e. The molecule has 0 amide bonds. The number of hydrogen-bond acceptors (Lipinski definition) is 5. The first-order valence-corrected chi connectivity index (χ1v) is 5.93. The van der Waals surface area contributed by atoms with E-state index in [4.69, 9.17) is 19.9 Å². The van der Waals surface area contributed by atoms with Crippen molar-refractivity contribution in [2.45, 2.75) is 18.9 Å². The van der Waals surface area contributed by atoms with Crippen molar-refractivity contribution in [2.75, 3.05) is 26.1 Å². The lowest BCUT2D eigenvalue weighted by molar-refractivity contribution is 0.0569. The maximum absolute atomic E-state index is 11.6. The third kappa shape index (κ3) is 2.73. The van der Waals surface area contributed by atoms with E-state index in [2.05, 4.69) is 0 Å². The molecular weight excluding hydrogens is 234 g/mol. The number of rotatable bonds is 4. The standard InChI is InChI=1S/C13H17NO4/c1-16-13(15)10-5-2-6-11(14)12(10)18-8-9-4-3-7-17-9/h2,5-6,9H,3-4,7-8,14H2,1H3. The van der Waals surface area contributed by atoms with Crippen molar-refractivity contribution in [3.05, 3.63) is 23.8 Å². The van der Waals surface area contributed by atoms with Crippen LogP contribution in [0.15, 0.2) is 18.2 Å². The highest BCUT2D eigenvalue weighted by Crippen LogP contribution is 2.28. The minimum Gasteiger partial charge on any atom is -0.488 e. The van der Waals surface area contributed by atoms with Crippen LogP contribution in [-0.4, -0.2) is 32.4 Å². The zero-order valence-corrected chi connectivity index (χ0v) is 10.3. The molecule has 0 saturated carbocycles. The quantitative estimate of drug-likeness (QED) is 0.650. The predicted molar refractivity (Wildman–Crippen MR) is 66.7 cm³/mol. The predicted octanol–water partition coefficient (Wildman–Crippen LogP) is 1.61. The highest BCUT2D eigenvalue weighted by molar-refractivity contribution is 5.94. The van der Waals surface area contributed by atoms with Gasteiger partial charge in [0.25, 0.3) is 0 Å². The molecule has 0 aliphatic carbocycles. The van der Waals surface area contributed by atoms with Gasteiger partial charge in [-0.1, -0.05) is 6.07 Å². The number of benzene rings is 1. The number of nitrogens with two attached hydrogens (primary N) is 1. The SMILES string of the molecule is COC(=O)c1cccc(N)c1OCC1CCCO1. The van der Waals surface area contributed by atoms with Crippen molar-refractivity contribution in [3.63, 3.8) is 0 Å².